The van der Waals surface area contributed by atoms with E-state index in [1.165, 1.54) is 6.07 Å². The van der Waals surface area contributed by atoms with Crippen molar-refractivity contribution in [2.75, 3.05) is 19.3 Å². The highest BCUT2D eigenvalue weighted by Crippen LogP contribution is 2.03. The maximum atomic E-state index is 11.7. The second kappa shape index (κ2) is 6.87. The van der Waals surface area contributed by atoms with Crippen molar-refractivity contribution in [1.82, 2.24) is 10.0 Å². The van der Waals surface area contributed by atoms with Crippen LogP contribution in [0.1, 0.15) is 22.3 Å². The van der Waals surface area contributed by atoms with Gasteiger partial charge in [-0.2, -0.15) is 5.26 Å². The molecule has 0 radical (unpaired) electrons. The summed E-state index contributed by atoms with van der Waals surface area (Å²) in [6, 6.07) is 8.33. The molecule has 1 aromatic rings. The van der Waals surface area contributed by atoms with Gasteiger partial charge >= 0.3 is 0 Å². The van der Waals surface area contributed by atoms with Gasteiger partial charge in [0.1, 0.15) is 0 Å². The third-order valence-electron chi connectivity index (χ3n) is 2.26. The van der Waals surface area contributed by atoms with E-state index in [1.54, 1.807) is 18.2 Å². The SMILES string of the molecule is CS(=O)(=O)NCCCNC(=O)c1cccc(C#N)c1. The van der Waals surface area contributed by atoms with E-state index in [-0.39, 0.29) is 12.5 Å². The van der Waals surface area contributed by atoms with Crippen LogP contribution >= 0.6 is 0 Å². The minimum Gasteiger partial charge on any atom is -0.352 e. The van der Waals surface area contributed by atoms with Crippen LogP contribution in [0.5, 0.6) is 0 Å². The number of sulfonamides is 1. The van der Waals surface area contributed by atoms with Crippen LogP contribution in [-0.4, -0.2) is 33.7 Å². The molecule has 102 valence electrons. The van der Waals surface area contributed by atoms with Gasteiger partial charge in [-0.05, 0) is 24.6 Å². The molecule has 0 aliphatic heterocycles. The number of rotatable bonds is 6. The molecule has 1 rings (SSSR count). The largest absolute Gasteiger partial charge is 0.352 e. The van der Waals surface area contributed by atoms with E-state index < -0.39 is 10.0 Å². The van der Waals surface area contributed by atoms with Crippen molar-refractivity contribution in [2.24, 2.45) is 0 Å². The molecule has 1 amide bonds. The van der Waals surface area contributed by atoms with Crippen molar-refractivity contribution in [3.63, 3.8) is 0 Å². The number of nitrogens with one attached hydrogen (secondary N) is 2. The van der Waals surface area contributed by atoms with E-state index in [9.17, 15) is 13.2 Å². The summed E-state index contributed by atoms with van der Waals surface area (Å²) >= 11 is 0. The number of nitriles is 1. The van der Waals surface area contributed by atoms with E-state index in [2.05, 4.69) is 10.0 Å². The van der Waals surface area contributed by atoms with Crippen molar-refractivity contribution in [2.45, 2.75) is 6.42 Å². The molecule has 6 nitrogen and oxygen atoms in total. The number of benzene rings is 1. The summed E-state index contributed by atoms with van der Waals surface area (Å²) in [5.74, 6) is -0.281. The topological polar surface area (TPSA) is 99.1 Å². The molecule has 0 aliphatic carbocycles. The summed E-state index contributed by atoms with van der Waals surface area (Å²) in [6.45, 7) is 0.634. The van der Waals surface area contributed by atoms with Crippen LogP contribution < -0.4 is 10.0 Å². The van der Waals surface area contributed by atoms with Crippen LogP contribution in [0.15, 0.2) is 24.3 Å². The van der Waals surface area contributed by atoms with Gasteiger partial charge in [0, 0.05) is 18.7 Å². The molecule has 1 aromatic carbocycles. The summed E-state index contributed by atoms with van der Waals surface area (Å²) in [6.07, 6.45) is 1.58. The monoisotopic (exact) mass is 281 g/mol. The fourth-order valence-electron chi connectivity index (χ4n) is 1.38. The average Bonchev–Trinajstić information content (AvgIpc) is 2.37. The Morgan fingerprint density at radius 3 is 2.74 bits per heavy atom. The lowest BCUT2D eigenvalue weighted by Crippen LogP contribution is -2.29. The lowest BCUT2D eigenvalue weighted by molar-refractivity contribution is 0.0953. The number of carbonyl (C=O) groups is 1. The Balaban J connectivity index is 2.37. The maximum absolute atomic E-state index is 11.7. The van der Waals surface area contributed by atoms with Crippen molar-refractivity contribution in [3.05, 3.63) is 35.4 Å². The highest BCUT2D eigenvalue weighted by molar-refractivity contribution is 7.88. The van der Waals surface area contributed by atoms with Crippen LogP contribution in [-0.2, 0) is 10.0 Å². The first-order chi connectivity index (χ1) is 8.92. The first-order valence-electron chi connectivity index (χ1n) is 5.65. The van der Waals surface area contributed by atoms with Gasteiger partial charge in [-0.3, -0.25) is 4.79 Å². The first-order valence-corrected chi connectivity index (χ1v) is 7.54. The van der Waals surface area contributed by atoms with E-state index in [0.717, 1.165) is 6.26 Å². The molecular weight excluding hydrogens is 266 g/mol. The predicted molar refractivity (Wildman–Crippen MR) is 71.0 cm³/mol. The molecule has 19 heavy (non-hydrogen) atoms. The molecule has 0 aliphatic rings. The van der Waals surface area contributed by atoms with Gasteiger partial charge in [-0.15, -0.1) is 0 Å². The normalized spacial score (nSPS) is 10.7. The van der Waals surface area contributed by atoms with Crippen molar-refractivity contribution in [1.29, 1.82) is 5.26 Å². The predicted octanol–water partition coefficient (Wildman–Crippen LogP) is 0.227. The Morgan fingerprint density at radius 1 is 1.37 bits per heavy atom. The molecule has 7 heteroatoms. The van der Waals surface area contributed by atoms with Crippen molar-refractivity contribution < 1.29 is 13.2 Å². The molecule has 2 N–H and O–H groups in total. The average molecular weight is 281 g/mol. The Hall–Kier alpha value is -1.91. The molecule has 0 heterocycles. The van der Waals surface area contributed by atoms with Crippen LogP contribution in [0.25, 0.3) is 0 Å². The number of hydrogen-bond acceptors (Lipinski definition) is 4. The third kappa shape index (κ3) is 5.99. The lowest BCUT2D eigenvalue weighted by atomic mass is 10.1. The highest BCUT2D eigenvalue weighted by atomic mass is 32.2. The smallest absolute Gasteiger partial charge is 0.251 e. The summed E-state index contributed by atoms with van der Waals surface area (Å²) in [5, 5.41) is 11.4. The van der Waals surface area contributed by atoms with Gasteiger partial charge in [-0.25, -0.2) is 13.1 Å². The molecule has 0 aromatic heterocycles. The first kappa shape index (κ1) is 15.1. The van der Waals surface area contributed by atoms with Gasteiger partial charge in [-0.1, -0.05) is 6.07 Å². The van der Waals surface area contributed by atoms with E-state index in [1.807, 2.05) is 6.07 Å². The highest BCUT2D eigenvalue weighted by Gasteiger charge is 2.05. The maximum Gasteiger partial charge on any atom is 0.251 e. The van der Waals surface area contributed by atoms with Crippen molar-refractivity contribution in [3.8, 4) is 6.07 Å². The second-order valence-electron chi connectivity index (χ2n) is 3.97. The quantitative estimate of drug-likeness (QED) is 0.729. The molecule has 0 saturated heterocycles. The van der Waals surface area contributed by atoms with Gasteiger partial charge in [0.05, 0.1) is 17.9 Å². The van der Waals surface area contributed by atoms with Crippen molar-refractivity contribution >= 4 is 15.9 Å². The van der Waals surface area contributed by atoms with E-state index >= 15 is 0 Å². The van der Waals surface area contributed by atoms with Gasteiger partial charge in [0.15, 0.2) is 0 Å². The van der Waals surface area contributed by atoms with Crippen LogP contribution in [0.3, 0.4) is 0 Å². The number of hydrogen-bond donors (Lipinski definition) is 2. The Bertz CT molecular complexity index is 590. The molecule has 0 unspecified atom stereocenters. The Morgan fingerprint density at radius 2 is 2.11 bits per heavy atom. The number of amides is 1. The molecule has 0 spiro atoms. The zero-order valence-electron chi connectivity index (χ0n) is 10.5. The van der Waals surface area contributed by atoms with Crippen LogP contribution in [0.4, 0.5) is 0 Å². The summed E-state index contributed by atoms with van der Waals surface area (Å²) < 4.78 is 23.9. The standard InChI is InChI=1S/C12H15N3O3S/c1-19(17,18)15-7-3-6-14-12(16)11-5-2-4-10(8-11)9-13/h2,4-5,8,15H,3,6-7H2,1H3,(H,14,16). The summed E-state index contributed by atoms with van der Waals surface area (Å²) in [7, 11) is -3.18. The molecule has 0 bridgehead atoms. The second-order valence-corrected chi connectivity index (χ2v) is 5.80. The molecule has 0 fully saturated rings. The lowest BCUT2D eigenvalue weighted by Gasteiger charge is -2.05. The number of carbonyl (C=O) groups excluding carboxylic acids is 1. The summed E-state index contributed by atoms with van der Waals surface area (Å²) in [4.78, 5) is 11.7. The van der Waals surface area contributed by atoms with E-state index in [4.69, 9.17) is 5.26 Å². The number of nitrogens with zero attached hydrogens (tertiary/aromatic N) is 1. The van der Waals surface area contributed by atoms with Crippen LogP contribution in [0, 0.1) is 11.3 Å². The van der Waals surface area contributed by atoms with Gasteiger partial charge in [0.25, 0.3) is 5.91 Å². The minimum absolute atomic E-state index is 0.275. The molecular formula is C12H15N3O3S. The summed E-state index contributed by atoms with van der Waals surface area (Å²) in [5.41, 5.74) is 0.835. The third-order valence-corrected chi connectivity index (χ3v) is 2.99. The van der Waals surface area contributed by atoms with Gasteiger partial charge in [0.2, 0.25) is 10.0 Å². The molecule has 0 atom stereocenters. The Labute approximate surface area is 112 Å². The van der Waals surface area contributed by atoms with Gasteiger partial charge < -0.3 is 5.32 Å². The minimum atomic E-state index is -3.18. The fourth-order valence-corrected chi connectivity index (χ4v) is 1.90. The fraction of sp³-hybridized carbons (Fsp3) is 0.333. The zero-order chi connectivity index (χ0) is 14.3. The molecule has 0 saturated carbocycles. The van der Waals surface area contributed by atoms with E-state index in [0.29, 0.717) is 24.1 Å². The Kier molecular flexibility index (Phi) is 5.48. The van der Waals surface area contributed by atoms with Crippen LogP contribution in [0.2, 0.25) is 0 Å². The zero-order valence-corrected chi connectivity index (χ0v) is 11.3.